The second kappa shape index (κ2) is 6.50. The number of rotatable bonds is 3. The monoisotopic (exact) mass is 335 g/mol. The van der Waals surface area contributed by atoms with Crippen molar-refractivity contribution in [3.63, 3.8) is 0 Å². The number of carbonyl (C=O) groups excluding carboxylic acids is 1. The Balaban J connectivity index is 3.19. The smallest absolute Gasteiger partial charge is 0.411 e. The summed E-state index contributed by atoms with van der Waals surface area (Å²) in [5.74, 6) is -0.610. The van der Waals surface area contributed by atoms with Gasteiger partial charge in [-0.3, -0.25) is 9.46 Å². The minimum Gasteiger partial charge on any atom is -0.444 e. The van der Waals surface area contributed by atoms with Crippen LogP contribution in [0.15, 0.2) is 0 Å². The largest absolute Gasteiger partial charge is 0.444 e. The molecule has 0 spiro atoms. The lowest BCUT2D eigenvalue weighted by molar-refractivity contribution is 0.00671. The van der Waals surface area contributed by atoms with Crippen LogP contribution in [0, 0.1) is 5.41 Å². The SMILES string of the molecule is COP(=O)(OC)[C@@H]1CC[C@H](C(C)(C)C)N1C(=O)OC(C)(C)C. The van der Waals surface area contributed by atoms with Gasteiger partial charge in [-0.1, -0.05) is 20.8 Å². The minimum atomic E-state index is -3.39. The first kappa shape index (κ1) is 19.5. The molecule has 1 heterocycles. The Morgan fingerprint density at radius 2 is 1.55 bits per heavy atom. The molecule has 0 aromatic heterocycles. The first-order valence-electron chi connectivity index (χ1n) is 7.58. The van der Waals surface area contributed by atoms with Crippen molar-refractivity contribution in [2.75, 3.05) is 14.2 Å². The predicted octanol–water partition coefficient (Wildman–Crippen LogP) is 4.24. The number of hydrogen-bond acceptors (Lipinski definition) is 5. The number of ether oxygens (including phenoxy) is 1. The van der Waals surface area contributed by atoms with Crippen LogP contribution in [0.2, 0.25) is 0 Å². The van der Waals surface area contributed by atoms with E-state index in [1.807, 2.05) is 20.8 Å². The molecule has 0 saturated carbocycles. The number of likely N-dealkylation sites (tertiary alicyclic amines) is 1. The van der Waals surface area contributed by atoms with Crippen LogP contribution in [0.4, 0.5) is 4.79 Å². The van der Waals surface area contributed by atoms with Gasteiger partial charge in [0.25, 0.3) is 0 Å². The predicted molar refractivity (Wildman–Crippen MR) is 86.0 cm³/mol. The van der Waals surface area contributed by atoms with E-state index in [0.29, 0.717) is 6.42 Å². The Morgan fingerprint density at radius 1 is 1.05 bits per heavy atom. The second-order valence-corrected chi connectivity index (χ2v) is 10.1. The number of nitrogens with zero attached hydrogens (tertiary/aromatic N) is 1. The molecule has 22 heavy (non-hydrogen) atoms. The van der Waals surface area contributed by atoms with Crippen LogP contribution in [-0.2, 0) is 18.3 Å². The summed E-state index contributed by atoms with van der Waals surface area (Å²) >= 11 is 0. The van der Waals surface area contributed by atoms with Crippen LogP contribution >= 0.6 is 7.60 Å². The molecule has 0 bridgehead atoms. The molecule has 1 aliphatic rings. The van der Waals surface area contributed by atoms with Crippen LogP contribution < -0.4 is 0 Å². The van der Waals surface area contributed by atoms with E-state index in [4.69, 9.17) is 13.8 Å². The third-order valence-electron chi connectivity index (χ3n) is 3.83. The van der Waals surface area contributed by atoms with Gasteiger partial charge in [-0.05, 0) is 39.0 Å². The zero-order chi connectivity index (χ0) is 17.3. The van der Waals surface area contributed by atoms with Crippen molar-refractivity contribution in [1.82, 2.24) is 4.90 Å². The molecule has 1 fully saturated rings. The van der Waals surface area contributed by atoms with Crippen LogP contribution in [0.5, 0.6) is 0 Å². The molecule has 0 radical (unpaired) electrons. The molecular formula is C15H30NO5P. The van der Waals surface area contributed by atoms with Gasteiger partial charge in [0, 0.05) is 20.3 Å². The Bertz CT molecular complexity index is 444. The van der Waals surface area contributed by atoms with E-state index in [2.05, 4.69) is 20.8 Å². The van der Waals surface area contributed by atoms with Gasteiger partial charge in [-0.2, -0.15) is 0 Å². The van der Waals surface area contributed by atoms with Crippen molar-refractivity contribution in [3.8, 4) is 0 Å². The van der Waals surface area contributed by atoms with Crippen LogP contribution in [0.25, 0.3) is 0 Å². The van der Waals surface area contributed by atoms with Crippen LogP contribution in [0.3, 0.4) is 0 Å². The van der Waals surface area contributed by atoms with E-state index in [1.165, 1.54) is 14.2 Å². The first-order chi connectivity index (χ1) is 9.85. The normalized spacial score (nSPS) is 23.7. The summed E-state index contributed by atoms with van der Waals surface area (Å²) < 4.78 is 28.6. The summed E-state index contributed by atoms with van der Waals surface area (Å²) in [4.78, 5) is 14.2. The van der Waals surface area contributed by atoms with Gasteiger partial charge < -0.3 is 13.8 Å². The average molecular weight is 335 g/mol. The quantitative estimate of drug-likeness (QED) is 0.722. The van der Waals surface area contributed by atoms with Gasteiger partial charge in [0.15, 0.2) is 0 Å². The highest BCUT2D eigenvalue weighted by Crippen LogP contribution is 2.58. The van der Waals surface area contributed by atoms with Crippen molar-refractivity contribution < 1.29 is 23.1 Å². The molecule has 0 aliphatic carbocycles. The Kier molecular flexibility index (Phi) is 5.75. The zero-order valence-electron chi connectivity index (χ0n) is 15.0. The van der Waals surface area contributed by atoms with Crippen LogP contribution in [-0.4, -0.2) is 42.6 Å². The number of amides is 1. The van der Waals surface area contributed by atoms with Gasteiger partial charge in [0.1, 0.15) is 11.4 Å². The summed E-state index contributed by atoms with van der Waals surface area (Å²) in [6.45, 7) is 11.6. The van der Waals surface area contributed by atoms with E-state index in [-0.39, 0.29) is 11.5 Å². The molecule has 7 heteroatoms. The lowest BCUT2D eigenvalue weighted by atomic mass is 9.85. The fourth-order valence-corrected chi connectivity index (χ4v) is 4.50. The second-order valence-electron chi connectivity index (χ2n) is 7.73. The topological polar surface area (TPSA) is 65.1 Å². The molecule has 0 N–H and O–H groups in total. The summed E-state index contributed by atoms with van der Waals surface area (Å²) in [6, 6.07) is -0.0778. The standard InChI is InChI=1S/C15H30NO5P/c1-14(2,3)11-9-10-12(22(18,19-7)20-8)16(11)13(17)21-15(4,5)6/h11-12H,9-10H2,1-8H3/t11-,12-/m1/s1. The molecule has 2 atom stereocenters. The zero-order valence-corrected chi connectivity index (χ0v) is 15.9. The molecule has 0 aromatic carbocycles. The molecule has 0 aromatic rings. The highest BCUT2D eigenvalue weighted by molar-refractivity contribution is 7.54. The minimum absolute atomic E-state index is 0.0778. The van der Waals surface area contributed by atoms with Crippen molar-refractivity contribution in [3.05, 3.63) is 0 Å². The summed E-state index contributed by atoms with van der Waals surface area (Å²) in [5.41, 5.74) is -0.769. The van der Waals surface area contributed by atoms with Crippen molar-refractivity contribution in [2.45, 2.75) is 71.8 Å². The Morgan fingerprint density at radius 3 is 1.91 bits per heavy atom. The Labute approximate surface area is 134 Å². The third-order valence-corrected chi connectivity index (χ3v) is 6.09. The third kappa shape index (κ3) is 4.24. The van der Waals surface area contributed by atoms with Gasteiger partial charge in [-0.25, -0.2) is 4.79 Å². The lowest BCUT2D eigenvalue weighted by Gasteiger charge is -2.39. The molecule has 6 nitrogen and oxygen atoms in total. The number of carbonyl (C=O) groups is 1. The molecular weight excluding hydrogens is 305 g/mol. The molecule has 130 valence electrons. The summed E-state index contributed by atoms with van der Waals surface area (Å²) in [6.07, 6.45) is 0.841. The van der Waals surface area contributed by atoms with Gasteiger partial charge >= 0.3 is 13.7 Å². The summed E-state index contributed by atoms with van der Waals surface area (Å²) in [7, 11) is -0.688. The maximum absolute atomic E-state index is 12.8. The molecule has 1 aliphatic heterocycles. The molecule has 1 saturated heterocycles. The average Bonchev–Trinajstić information content (AvgIpc) is 2.81. The fourth-order valence-electron chi connectivity index (χ4n) is 2.84. The first-order valence-corrected chi connectivity index (χ1v) is 9.19. The van der Waals surface area contributed by atoms with E-state index in [9.17, 15) is 9.36 Å². The molecule has 0 unspecified atom stereocenters. The van der Waals surface area contributed by atoms with E-state index >= 15 is 0 Å². The van der Waals surface area contributed by atoms with E-state index in [1.54, 1.807) is 4.90 Å². The molecule has 1 amide bonds. The van der Waals surface area contributed by atoms with E-state index in [0.717, 1.165) is 6.42 Å². The van der Waals surface area contributed by atoms with Crippen molar-refractivity contribution >= 4 is 13.7 Å². The van der Waals surface area contributed by atoms with Gasteiger partial charge in [-0.15, -0.1) is 0 Å². The van der Waals surface area contributed by atoms with E-state index < -0.39 is 25.1 Å². The number of hydrogen-bond donors (Lipinski definition) is 0. The van der Waals surface area contributed by atoms with Crippen molar-refractivity contribution in [1.29, 1.82) is 0 Å². The lowest BCUT2D eigenvalue weighted by Crippen LogP contribution is -2.48. The van der Waals surface area contributed by atoms with Crippen molar-refractivity contribution in [2.24, 2.45) is 5.41 Å². The van der Waals surface area contributed by atoms with Gasteiger partial charge in [0.05, 0.1) is 0 Å². The van der Waals surface area contributed by atoms with Gasteiger partial charge in [0.2, 0.25) is 0 Å². The molecule has 1 rings (SSSR count). The Hall–Kier alpha value is -0.580. The maximum Gasteiger partial charge on any atom is 0.411 e. The maximum atomic E-state index is 12.8. The highest BCUT2D eigenvalue weighted by Gasteiger charge is 2.52. The van der Waals surface area contributed by atoms with Crippen LogP contribution in [0.1, 0.15) is 54.4 Å². The fraction of sp³-hybridized carbons (Fsp3) is 0.933. The summed E-state index contributed by atoms with van der Waals surface area (Å²) in [5, 5.41) is 0. The highest BCUT2D eigenvalue weighted by atomic mass is 31.2.